The number of carbonyl (C=O) groups excluding carboxylic acids is 1. The van der Waals surface area contributed by atoms with E-state index in [-0.39, 0.29) is 18.3 Å². The van der Waals surface area contributed by atoms with Gasteiger partial charge in [-0.1, -0.05) is 13.8 Å². The van der Waals surface area contributed by atoms with Crippen LogP contribution in [-0.4, -0.2) is 25.5 Å². The first-order valence-corrected chi connectivity index (χ1v) is 7.10. The van der Waals surface area contributed by atoms with Crippen molar-refractivity contribution in [1.82, 2.24) is 10.6 Å². The third-order valence-corrected chi connectivity index (χ3v) is 4.15. The molecule has 0 bridgehead atoms. The Hall–Kier alpha value is -0.280. The largest absolute Gasteiger partial charge is 0.355 e. The van der Waals surface area contributed by atoms with E-state index in [0.29, 0.717) is 11.3 Å². The molecule has 1 amide bonds. The lowest BCUT2D eigenvalue weighted by Gasteiger charge is -2.24. The molecule has 18 heavy (non-hydrogen) atoms. The Labute approximate surface area is 117 Å². The molecule has 1 aliphatic carbocycles. The lowest BCUT2D eigenvalue weighted by molar-refractivity contribution is -0.126. The van der Waals surface area contributed by atoms with Gasteiger partial charge in [0, 0.05) is 12.5 Å². The highest BCUT2D eigenvalue weighted by Gasteiger charge is 2.43. The highest BCUT2D eigenvalue weighted by Crippen LogP contribution is 2.50. The number of carbonyl (C=O) groups is 1. The molecule has 2 rings (SSSR count). The first-order chi connectivity index (χ1) is 8.11. The summed E-state index contributed by atoms with van der Waals surface area (Å²) in [5.41, 5.74) is 0.455. The van der Waals surface area contributed by atoms with Crippen LogP contribution < -0.4 is 10.6 Å². The number of hydrogen-bond acceptors (Lipinski definition) is 2. The van der Waals surface area contributed by atoms with E-state index in [2.05, 4.69) is 24.5 Å². The molecule has 0 aromatic heterocycles. The van der Waals surface area contributed by atoms with Gasteiger partial charge in [-0.3, -0.25) is 4.79 Å². The van der Waals surface area contributed by atoms with E-state index >= 15 is 0 Å². The standard InChI is InChI=1S/C14H26N2O.ClH/c1-11(2)9-14(5-6-14)10-16-13(17)12-3-7-15-8-4-12;/h11-12,15H,3-10H2,1-2H3,(H,16,17);1H. The van der Waals surface area contributed by atoms with E-state index in [4.69, 9.17) is 0 Å². The van der Waals surface area contributed by atoms with E-state index in [1.807, 2.05) is 0 Å². The molecule has 0 atom stereocenters. The predicted octanol–water partition coefficient (Wildman–Crippen LogP) is 2.35. The van der Waals surface area contributed by atoms with Crippen molar-refractivity contribution in [1.29, 1.82) is 0 Å². The number of hydrogen-bond donors (Lipinski definition) is 2. The molecule has 1 heterocycles. The zero-order chi connectivity index (χ0) is 12.3. The molecule has 0 aromatic rings. The Kier molecular flexibility index (Phi) is 5.93. The summed E-state index contributed by atoms with van der Waals surface area (Å²) >= 11 is 0. The van der Waals surface area contributed by atoms with Gasteiger partial charge in [0.25, 0.3) is 0 Å². The Balaban J connectivity index is 0.00000162. The fraction of sp³-hybridized carbons (Fsp3) is 0.929. The number of halogens is 1. The van der Waals surface area contributed by atoms with Crippen molar-refractivity contribution in [3.05, 3.63) is 0 Å². The molecule has 106 valence electrons. The van der Waals surface area contributed by atoms with Gasteiger partial charge in [-0.25, -0.2) is 0 Å². The van der Waals surface area contributed by atoms with Crippen molar-refractivity contribution < 1.29 is 4.79 Å². The van der Waals surface area contributed by atoms with Crippen molar-refractivity contribution >= 4 is 18.3 Å². The summed E-state index contributed by atoms with van der Waals surface area (Å²) in [6, 6.07) is 0. The highest BCUT2D eigenvalue weighted by atomic mass is 35.5. The zero-order valence-electron chi connectivity index (χ0n) is 11.6. The van der Waals surface area contributed by atoms with Crippen molar-refractivity contribution in [2.75, 3.05) is 19.6 Å². The van der Waals surface area contributed by atoms with Gasteiger partial charge >= 0.3 is 0 Å². The van der Waals surface area contributed by atoms with Gasteiger partial charge < -0.3 is 10.6 Å². The lowest BCUT2D eigenvalue weighted by Crippen LogP contribution is -2.40. The zero-order valence-corrected chi connectivity index (χ0v) is 12.4. The third kappa shape index (κ3) is 4.43. The van der Waals surface area contributed by atoms with Crippen LogP contribution in [0.25, 0.3) is 0 Å². The van der Waals surface area contributed by atoms with Crippen LogP contribution in [0.5, 0.6) is 0 Å². The van der Waals surface area contributed by atoms with Crippen molar-refractivity contribution in [3.8, 4) is 0 Å². The van der Waals surface area contributed by atoms with Crippen LogP contribution in [-0.2, 0) is 4.79 Å². The second-order valence-electron chi connectivity index (χ2n) is 6.34. The monoisotopic (exact) mass is 274 g/mol. The van der Waals surface area contributed by atoms with Gasteiger partial charge in [0.1, 0.15) is 0 Å². The van der Waals surface area contributed by atoms with Gasteiger partial charge in [0.2, 0.25) is 5.91 Å². The van der Waals surface area contributed by atoms with Crippen LogP contribution in [0, 0.1) is 17.3 Å². The van der Waals surface area contributed by atoms with E-state index < -0.39 is 0 Å². The maximum atomic E-state index is 12.0. The van der Waals surface area contributed by atoms with E-state index in [9.17, 15) is 4.79 Å². The van der Waals surface area contributed by atoms with Crippen LogP contribution in [0.15, 0.2) is 0 Å². The predicted molar refractivity (Wildman–Crippen MR) is 77.0 cm³/mol. The van der Waals surface area contributed by atoms with Crippen LogP contribution in [0.2, 0.25) is 0 Å². The minimum atomic E-state index is 0. The molecule has 1 saturated carbocycles. The molecule has 0 radical (unpaired) electrons. The van der Waals surface area contributed by atoms with Crippen molar-refractivity contribution in [3.63, 3.8) is 0 Å². The maximum Gasteiger partial charge on any atom is 0.223 e. The number of rotatable bonds is 5. The average Bonchev–Trinajstić information content (AvgIpc) is 3.06. The fourth-order valence-electron chi connectivity index (χ4n) is 3.00. The Morgan fingerprint density at radius 1 is 1.33 bits per heavy atom. The molecule has 2 aliphatic rings. The first kappa shape index (κ1) is 15.8. The van der Waals surface area contributed by atoms with Gasteiger partial charge in [-0.05, 0) is 56.5 Å². The Morgan fingerprint density at radius 2 is 1.94 bits per heavy atom. The second kappa shape index (κ2) is 6.76. The average molecular weight is 275 g/mol. The smallest absolute Gasteiger partial charge is 0.223 e. The normalized spacial score (nSPS) is 22.4. The quantitative estimate of drug-likeness (QED) is 0.808. The van der Waals surface area contributed by atoms with Crippen molar-refractivity contribution in [2.24, 2.45) is 17.3 Å². The number of amides is 1. The molecule has 0 unspecified atom stereocenters. The van der Waals surface area contributed by atoms with E-state index in [1.54, 1.807) is 0 Å². The van der Waals surface area contributed by atoms with Crippen LogP contribution in [0.1, 0.15) is 46.0 Å². The summed E-state index contributed by atoms with van der Waals surface area (Å²) in [5.74, 6) is 1.29. The van der Waals surface area contributed by atoms with Gasteiger partial charge in [0.15, 0.2) is 0 Å². The minimum absolute atomic E-state index is 0. The molecule has 0 aromatic carbocycles. The number of nitrogens with one attached hydrogen (secondary N) is 2. The molecule has 2 fully saturated rings. The summed E-state index contributed by atoms with van der Waals surface area (Å²) in [6.07, 6.45) is 5.88. The third-order valence-electron chi connectivity index (χ3n) is 4.15. The molecule has 2 N–H and O–H groups in total. The number of piperidine rings is 1. The molecule has 3 nitrogen and oxygen atoms in total. The van der Waals surface area contributed by atoms with Gasteiger partial charge in [0.05, 0.1) is 0 Å². The second-order valence-corrected chi connectivity index (χ2v) is 6.34. The lowest BCUT2D eigenvalue weighted by atomic mass is 9.93. The molecular weight excluding hydrogens is 248 g/mol. The molecule has 0 spiro atoms. The van der Waals surface area contributed by atoms with E-state index in [1.165, 1.54) is 19.3 Å². The summed E-state index contributed by atoms with van der Waals surface area (Å²) < 4.78 is 0. The summed E-state index contributed by atoms with van der Waals surface area (Å²) in [7, 11) is 0. The first-order valence-electron chi connectivity index (χ1n) is 7.10. The topological polar surface area (TPSA) is 41.1 Å². The summed E-state index contributed by atoms with van der Waals surface area (Å²) in [4.78, 5) is 12.0. The summed E-state index contributed by atoms with van der Waals surface area (Å²) in [6.45, 7) is 7.45. The highest BCUT2D eigenvalue weighted by molar-refractivity contribution is 5.85. The maximum absolute atomic E-state index is 12.0. The van der Waals surface area contributed by atoms with E-state index in [0.717, 1.165) is 38.4 Å². The Morgan fingerprint density at radius 3 is 2.44 bits per heavy atom. The molecule has 1 saturated heterocycles. The Bertz CT molecular complexity index is 271. The van der Waals surface area contributed by atoms with Crippen molar-refractivity contribution in [2.45, 2.75) is 46.0 Å². The van der Waals surface area contributed by atoms with Gasteiger partial charge in [-0.2, -0.15) is 0 Å². The molecular formula is C14H27ClN2O. The minimum Gasteiger partial charge on any atom is -0.355 e. The summed E-state index contributed by atoms with van der Waals surface area (Å²) in [5, 5.41) is 6.49. The van der Waals surface area contributed by atoms with Crippen LogP contribution in [0.3, 0.4) is 0 Å². The SMILES string of the molecule is CC(C)CC1(CNC(=O)C2CCNCC2)CC1.Cl. The van der Waals surface area contributed by atoms with Gasteiger partial charge in [-0.15, -0.1) is 12.4 Å². The van der Waals surface area contributed by atoms with Crippen LogP contribution >= 0.6 is 12.4 Å². The molecule has 1 aliphatic heterocycles. The van der Waals surface area contributed by atoms with Crippen LogP contribution in [0.4, 0.5) is 0 Å². The molecule has 4 heteroatoms. The fourth-order valence-corrected chi connectivity index (χ4v) is 3.00.